The molecule has 3 heterocycles. The van der Waals surface area contributed by atoms with E-state index in [-0.39, 0.29) is 5.75 Å². The number of rotatable bonds is 8. The van der Waals surface area contributed by atoms with Gasteiger partial charge in [0.2, 0.25) is 5.95 Å². The molecule has 8 nitrogen and oxygen atoms in total. The normalized spacial score (nSPS) is 10.6. The Morgan fingerprint density at radius 3 is 1.50 bits per heavy atom. The summed E-state index contributed by atoms with van der Waals surface area (Å²) in [6.45, 7) is 1.97. The van der Waals surface area contributed by atoms with Gasteiger partial charge in [-0.05, 0) is 6.07 Å². The summed E-state index contributed by atoms with van der Waals surface area (Å²) in [6, 6.07) is 22.2. The number of ether oxygens (including phenoxy) is 4. The summed E-state index contributed by atoms with van der Waals surface area (Å²) in [5.74, 6) is 0.996. The number of hydrogen-bond acceptors (Lipinski definition) is 8. The van der Waals surface area contributed by atoms with Gasteiger partial charge >= 0.3 is 0 Å². The van der Waals surface area contributed by atoms with Crippen molar-refractivity contribution >= 4 is 55.5 Å². The third kappa shape index (κ3) is 8.42. The predicted molar refractivity (Wildman–Crippen MR) is 172 cm³/mol. The molecule has 0 radical (unpaired) electrons. The molecule has 6 rings (SSSR count). The summed E-state index contributed by atoms with van der Waals surface area (Å²) in [7, 11) is 3.24. The van der Waals surface area contributed by atoms with Crippen LogP contribution < -0.4 is 9.47 Å². The van der Waals surface area contributed by atoms with Crippen molar-refractivity contribution in [3.63, 3.8) is 0 Å². The van der Waals surface area contributed by atoms with Crippen LogP contribution in [-0.2, 0) is 9.47 Å². The number of benzene rings is 3. The zero-order valence-corrected chi connectivity index (χ0v) is 25.6. The van der Waals surface area contributed by atoms with Gasteiger partial charge in [0.25, 0.3) is 0 Å². The Balaban J connectivity index is 0.000000152. The molecule has 0 bridgehead atoms. The number of aromatic hydroxyl groups is 1. The molecule has 0 atom stereocenters. The first kappa shape index (κ1) is 32.6. The largest absolute Gasteiger partial charge is 0.506 e. The van der Waals surface area contributed by atoms with Crippen LogP contribution >= 0.6 is 23.2 Å². The molecule has 6 aromatic rings. The van der Waals surface area contributed by atoms with Gasteiger partial charge in [-0.3, -0.25) is 0 Å². The van der Waals surface area contributed by atoms with Gasteiger partial charge in [0.15, 0.2) is 0 Å². The van der Waals surface area contributed by atoms with Gasteiger partial charge in [0, 0.05) is 46.5 Å². The van der Waals surface area contributed by atoms with Crippen molar-refractivity contribution in [2.75, 3.05) is 40.6 Å². The number of aromatic nitrogens is 3. The molecule has 0 unspecified atom stereocenters. The van der Waals surface area contributed by atoms with Crippen LogP contribution in [-0.4, -0.2) is 60.7 Å². The van der Waals surface area contributed by atoms with Crippen LogP contribution in [0.5, 0.6) is 17.2 Å². The van der Waals surface area contributed by atoms with E-state index in [9.17, 15) is 9.50 Å². The van der Waals surface area contributed by atoms with Crippen LogP contribution in [0.1, 0.15) is 0 Å². The molecule has 3 aromatic carbocycles. The summed E-state index contributed by atoms with van der Waals surface area (Å²) in [5.41, 5.74) is 0. The zero-order chi connectivity index (χ0) is 31.3. The van der Waals surface area contributed by atoms with E-state index in [2.05, 4.69) is 15.0 Å². The van der Waals surface area contributed by atoms with Gasteiger partial charge in [-0.2, -0.15) is 4.39 Å². The number of methoxy groups -OCH3 is 2. The number of fused-ring (bicyclic) bond motifs is 3. The molecule has 0 saturated heterocycles. The maximum Gasteiger partial charge on any atom is 0.220 e. The average Bonchev–Trinajstić information content (AvgIpc) is 3.06. The quantitative estimate of drug-likeness (QED) is 0.133. The third-order valence-electron chi connectivity index (χ3n) is 6.24. The summed E-state index contributed by atoms with van der Waals surface area (Å²) in [4.78, 5) is 11.6. The minimum Gasteiger partial charge on any atom is -0.506 e. The Morgan fingerprint density at radius 2 is 0.977 bits per heavy atom. The van der Waals surface area contributed by atoms with E-state index in [0.29, 0.717) is 47.9 Å². The minimum atomic E-state index is -0.477. The Bertz CT molecular complexity index is 1690. The molecule has 0 amide bonds. The lowest BCUT2D eigenvalue weighted by Crippen LogP contribution is -2.05. The number of pyridine rings is 3. The third-order valence-corrected chi connectivity index (χ3v) is 6.84. The summed E-state index contributed by atoms with van der Waals surface area (Å²) < 4.78 is 34.2. The monoisotopic (exact) mass is 637 g/mol. The van der Waals surface area contributed by atoms with Crippen molar-refractivity contribution in [3.05, 3.63) is 108 Å². The van der Waals surface area contributed by atoms with E-state index >= 15 is 0 Å². The van der Waals surface area contributed by atoms with Crippen LogP contribution in [0, 0.1) is 5.95 Å². The van der Waals surface area contributed by atoms with Crippen molar-refractivity contribution in [2.45, 2.75) is 0 Å². The van der Waals surface area contributed by atoms with Crippen molar-refractivity contribution in [2.24, 2.45) is 0 Å². The molecule has 1 N–H and O–H groups in total. The van der Waals surface area contributed by atoms with Crippen LogP contribution in [0.25, 0.3) is 32.3 Å². The molecular formula is C33H30Cl2FN3O5. The van der Waals surface area contributed by atoms with Crippen molar-refractivity contribution in [3.8, 4) is 17.2 Å². The molecule has 0 aliphatic heterocycles. The van der Waals surface area contributed by atoms with Gasteiger partial charge in [0.1, 0.15) is 40.8 Å². The fourth-order valence-electron chi connectivity index (χ4n) is 4.11. The molecular weight excluding hydrogens is 608 g/mol. The predicted octanol–water partition coefficient (Wildman–Crippen LogP) is 7.91. The maximum absolute atomic E-state index is 13.4. The average molecular weight is 639 g/mol. The standard InChI is InChI=1S/C12H12ClNO2.C12H12FNO2.C9H6ClNO/c2*1-15-6-7-16-11-8-14-12(13)10-5-3-2-4-9(10)11;10-9-7-4-2-1-3-6(7)8(12)5-11-9/h2*2-5,8H,6-7H2,1H3;1-5,12H. The van der Waals surface area contributed by atoms with Gasteiger partial charge in [-0.25, -0.2) is 15.0 Å². The Hall–Kier alpha value is -4.28. The molecule has 0 saturated carbocycles. The molecule has 44 heavy (non-hydrogen) atoms. The summed E-state index contributed by atoms with van der Waals surface area (Å²) >= 11 is 11.8. The second-order valence-corrected chi connectivity index (χ2v) is 9.80. The Morgan fingerprint density at radius 1 is 0.568 bits per heavy atom. The van der Waals surface area contributed by atoms with E-state index < -0.39 is 5.95 Å². The molecule has 11 heteroatoms. The lowest BCUT2D eigenvalue weighted by molar-refractivity contribution is 0.147. The van der Waals surface area contributed by atoms with Gasteiger partial charge in [-0.1, -0.05) is 89.9 Å². The second kappa shape index (κ2) is 16.5. The fourth-order valence-corrected chi connectivity index (χ4v) is 4.53. The highest BCUT2D eigenvalue weighted by Gasteiger charge is 2.08. The lowest BCUT2D eigenvalue weighted by Gasteiger charge is -2.08. The van der Waals surface area contributed by atoms with Crippen LogP contribution in [0.15, 0.2) is 91.4 Å². The smallest absolute Gasteiger partial charge is 0.220 e. The molecule has 0 aliphatic rings. The molecule has 228 valence electrons. The van der Waals surface area contributed by atoms with Crippen LogP contribution in [0.3, 0.4) is 0 Å². The highest BCUT2D eigenvalue weighted by molar-refractivity contribution is 6.34. The van der Waals surface area contributed by atoms with E-state index in [1.54, 1.807) is 38.6 Å². The first-order valence-electron chi connectivity index (χ1n) is 13.5. The Kier molecular flexibility index (Phi) is 12.3. The topological polar surface area (TPSA) is 95.8 Å². The number of halogens is 3. The van der Waals surface area contributed by atoms with Crippen molar-refractivity contribution < 1.29 is 28.4 Å². The number of nitrogens with zero attached hydrogens (tertiary/aromatic N) is 3. The van der Waals surface area contributed by atoms with E-state index in [0.717, 1.165) is 32.7 Å². The van der Waals surface area contributed by atoms with Crippen LogP contribution in [0.2, 0.25) is 10.3 Å². The first-order valence-corrected chi connectivity index (χ1v) is 14.2. The molecule has 3 aromatic heterocycles. The van der Waals surface area contributed by atoms with E-state index in [1.165, 1.54) is 12.4 Å². The van der Waals surface area contributed by atoms with Gasteiger partial charge < -0.3 is 24.1 Å². The molecule has 0 fully saturated rings. The Labute approximate surface area is 263 Å². The number of hydrogen-bond donors (Lipinski definition) is 1. The fraction of sp³-hybridized carbons (Fsp3) is 0.182. The van der Waals surface area contributed by atoms with Crippen molar-refractivity contribution in [1.29, 1.82) is 0 Å². The second-order valence-electron chi connectivity index (χ2n) is 9.08. The van der Waals surface area contributed by atoms with Gasteiger partial charge in [0.05, 0.1) is 31.8 Å². The SMILES string of the molecule is COCCOc1cnc(Cl)c2ccccc12.COCCOc1cnc(F)c2ccccc12.Oc1cnc(Cl)c2ccccc12. The molecule has 0 aliphatic carbocycles. The van der Waals surface area contributed by atoms with Crippen molar-refractivity contribution in [1.82, 2.24) is 15.0 Å². The van der Waals surface area contributed by atoms with E-state index in [4.69, 9.17) is 42.1 Å². The zero-order valence-electron chi connectivity index (χ0n) is 24.0. The lowest BCUT2D eigenvalue weighted by atomic mass is 10.1. The summed E-state index contributed by atoms with van der Waals surface area (Å²) in [6.07, 6.45) is 4.39. The highest BCUT2D eigenvalue weighted by Crippen LogP contribution is 2.30. The molecule has 0 spiro atoms. The van der Waals surface area contributed by atoms with Crippen LogP contribution in [0.4, 0.5) is 4.39 Å². The van der Waals surface area contributed by atoms with E-state index in [1.807, 2.05) is 54.6 Å². The highest BCUT2D eigenvalue weighted by atomic mass is 35.5. The minimum absolute atomic E-state index is 0.162. The first-order chi connectivity index (χ1) is 21.4. The van der Waals surface area contributed by atoms with Gasteiger partial charge in [-0.15, -0.1) is 0 Å². The maximum atomic E-state index is 13.4. The summed E-state index contributed by atoms with van der Waals surface area (Å²) in [5, 5.41) is 14.9.